The lowest BCUT2D eigenvalue weighted by Crippen LogP contribution is -2.36. The van der Waals surface area contributed by atoms with E-state index in [1.807, 2.05) is 12.1 Å². The third-order valence-electron chi connectivity index (χ3n) is 4.35. The van der Waals surface area contributed by atoms with Crippen LogP contribution in [0.15, 0.2) is 22.7 Å². The predicted molar refractivity (Wildman–Crippen MR) is 76.9 cm³/mol. The van der Waals surface area contributed by atoms with E-state index in [2.05, 4.69) is 22.9 Å². The average Bonchev–Trinajstić information content (AvgIpc) is 2.36. The molecule has 0 aliphatic heterocycles. The summed E-state index contributed by atoms with van der Waals surface area (Å²) >= 11 is 3.30. The summed E-state index contributed by atoms with van der Waals surface area (Å²) in [6.07, 6.45) is 5.46. The lowest BCUT2D eigenvalue weighted by Gasteiger charge is -2.39. The molecule has 0 aromatic heterocycles. The van der Waals surface area contributed by atoms with Crippen LogP contribution < -0.4 is 5.73 Å². The SMILES string of the molecule is CC1CCC(CN)(Cc2ccc(Br)cc2F)CC1. The van der Waals surface area contributed by atoms with E-state index in [4.69, 9.17) is 5.73 Å². The first-order chi connectivity index (χ1) is 8.54. The summed E-state index contributed by atoms with van der Waals surface area (Å²) < 4.78 is 14.7. The van der Waals surface area contributed by atoms with Crippen molar-refractivity contribution < 1.29 is 4.39 Å². The van der Waals surface area contributed by atoms with Gasteiger partial charge in [-0.05, 0) is 54.8 Å². The zero-order valence-electron chi connectivity index (χ0n) is 10.9. The third-order valence-corrected chi connectivity index (χ3v) is 4.84. The molecule has 0 bridgehead atoms. The van der Waals surface area contributed by atoms with Crippen molar-refractivity contribution in [2.75, 3.05) is 6.54 Å². The Bertz CT molecular complexity index is 411. The van der Waals surface area contributed by atoms with Gasteiger partial charge in [-0.3, -0.25) is 0 Å². The van der Waals surface area contributed by atoms with Crippen molar-refractivity contribution in [1.82, 2.24) is 0 Å². The van der Waals surface area contributed by atoms with Gasteiger partial charge in [0, 0.05) is 4.47 Å². The molecular weight excluding hydrogens is 293 g/mol. The van der Waals surface area contributed by atoms with Crippen molar-refractivity contribution in [3.8, 4) is 0 Å². The highest BCUT2D eigenvalue weighted by Gasteiger charge is 2.33. The maximum atomic E-state index is 13.9. The number of hydrogen-bond donors (Lipinski definition) is 1. The van der Waals surface area contributed by atoms with E-state index in [0.717, 1.165) is 35.2 Å². The summed E-state index contributed by atoms with van der Waals surface area (Å²) in [5, 5.41) is 0. The second-order valence-corrected chi connectivity index (χ2v) is 6.71. The molecule has 1 aromatic carbocycles. The molecule has 0 amide bonds. The minimum Gasteiger partial charge on any atom is -0.330 e. The Morgan fingerprint density at radius 3 is 2.61 bits per heavy atom. The number of benzene rings is 1. The van der Waals surface area contributed by atoms with Crippen LogP contribution in [-0.2, 0) is 6.42 Å². The molecule has 1 aliphatic carbocycles. The fourth-order valence-electron chi connectivity index (χ4n) is 2.90. The maximum absolute atomic E-state index is 13.9. The van der Waals surface area contributed by atoms with Crippen LogP contribution in [-0.4, -0.2) is 6.54 Å². The van der Waals surface area contributed by atoms with Gasteiger partial charge < -0.3 is 5.73 Å². The normalized spacial score (nSPS) is 28.3. The summed E-state index contributed by atoms with van der Waals surface area (Å²) in [7, 11) is 0. The van der Waals surface area contributed by atoms with Gasteiger partial charge in [0.05, 0.1) is 0 Å². The van der Waals surface area contributed by atoms with Crippen LogP contribution >= 0.6 is 15.9 Å². The van der Waals surface area contributed by atoms with Crippen molar-refractivity contribution in [2.24, 2.45) is 17.1 Å². The van der Waals surface area contributed by atoms with E-state index < -0.39 is 0 Å². The molecule has 0 saturated heterocycles. The predicted octanol–water partition coefficient (Wildman–Crippen LogP) is 4.29. The summed E-state index contributed by atoms with van der Waals surface area (Å²) in [4.78, 5) is 0. The van der Waals surface area contributed by atoms with E-state index in [1.165, 1.54) is 12.8 Å². The number of hydrogen-bond acceptors (Lipinski definition) is 1. The molecule has 18 heavy (non-hydrogen) atoms. The zero-order valence-corrected chi connectivity index (χ0v) is 12.5. The molecule has 0 spiro atoms. The maximum Gasteiger partial charge on any atom is 0.127 e. The van der Waals surface area contributed by atoms with Gasteiger partial charge in [-0.25, -0.2) is 4.39 Å². The quantitative estimate of drug-likeness (QED) is 0.885. The van der Waals surface area contributed by atoms with Crippen molar-refractivity contribution >= 4 is 15.9 Å². The van der Waals surface area contributed by atoms with Crippen LogP contribution in [0.4, 0.5) is 4.39 Å². The highest BCUT2D eigenvalue weighted by atomic mass is 79.9. The molecule has 100 valence electrons. The van der Waals surface area contributed by atoms with E-state index in [0.29, 0.717) is 6.54 Å². The highest BCUT2D eigenvalue weighted by molar-refractivity contribution is 9.10. The first kappa shape index (κ1) is 14.0. The van der Waals surface area contributed by atoms with Gasteiger partial charge in [0.2, 0.25) is 0 Å². The van der Waals surface area contributed by atoms with Gasteiger partial charge in [-0.2, -0.15) is 0 Å². The van der Waals surface area contributed by atoms with Gasteiger partial charge in [0.15, 0.2) is 0 Å². The molecule has 0 atom stereocenters. The Hall–Kier alpha value is -0.410. The Kier molecular flexibility index (Phi) is 4.44. The minimum absolute atomic E-state index is 0.112. The van der Waals surface area contributed by atoms with Crippen LogP contribution in [0, 0.1) is 17.2 Å². The largest absolute Gasteiger partial charge is 0.330 e. The lowest BCUT2D eigenvalue weighted by atomic mass is 9.68. The summed E-state index contributed by atoms with van der Waals surface area (Å²) in [6.45, 7) is 2.95. The molecule has 1 saturated carbocycles. The van der Waals surface area contributed by atoms with Gasteiger partial charge >= 0.3 is 0 Å². The van der Waals surface area contributed by atoms with Crippen molar-refractivity contribution in [3.63, 3.8) is 0 Å². The minimum atomic E-state index is -0.115. The fourth-order valence-corrected chi connectivity index (χ4v) is 3.23. The molecule has 1 aromatic rings. The summed E-state index contributed by atoms with van der Waals surface area (Å²) in [6, 6.07) is 5.34. The smallest absolute Gasteiger partial charge is 0.127 e. The Labute approximate surface area is 117 Å². The number of halogens is 2. The van der Waals surface area contributed by atoms with Crippen molar-refractivity contribution in [1.29, 1.82) is 0 Å². The zero-order chi connectivity index (χ0) is 13.2. The third kappa shape index (κ3) is 3.12. The standard InChI is InChI=1S/C15H21BrFN/c1-11-4-6-15(10-18,7-5-11)9-12-2-3-13(16)8-14(12)17/h2-3,8,11H,4-7,9-10,18H2,1H3. The molecule has 3 heteroatoms. The molecule has 2 N–H and O–H groups in total. The summed E-state index contributed by atoms with van der Waals surface area (Å²) in [5.74, 6) is 0.676. The van der Waals surface area contributed by atoms with E-state index in [1.54, 1.807) is 6.07 Å². The van der Waals surface area contributed by atoms with E-state index >= 15 is 0 Å². The Morgan fingerprint density at radius 1 is 1.39 bits per heavy atom. The van der Waals surface area contributed by atoms with E-state index in [9.17, 15) is 4.39 Å². The molecule has 1 nitrogen and oxygen atoms in total. The van der Waals surface area contributed by atoms with Gasteiger partial charge in [0.1, 0.15) is 5.82 Å². The lowest BCUT2D eigenvalue weighted by molar-refractivity contribution is 0.162. The van der Waals surface area contributed by atoms with Crippen LogP contribution in [0.25, 0.3) is 0 Å². The fraction of sp³-hybridized carbons (Fsp3) is 0.600. The first-order valence-corrected chi connectivity index (χ1v) is 7.48. The highest BCUT2D eigenvalue weighted by Crippen LogP contribution is 2.41. The monoisotopic (exact) mass is 313 g/mol. The van der Waals surface area contributed by atoms with Crippen LogP contribution in [0.1, 0.15) is 38.2 Å². The van der Waals surface area contributed by atoms with Crippen LogP contribution in [0.5, 0.6) is 0 Å². The summed E-state index contributed by atoms with van der Waals surface area (Å²) in [5.41, 5.74) is 6.90. The topological polar surface area (TPSA) is 26.0 Å². The first-order valence-electron chi connectivity index (χ1n) is 6.69. The molecule has 1 fully saturated rings. The second-order valence-electron chi connectivity index (χ2n) is 5.80. The van der Waals surface area contributed by atoms with Crippen molar-refractivity contribution in [2.45, 2.75) is 39.0 Å². The number of rotatable bonds is 3. The van der Waals surface area contributed by atoms with Gasteiger partial charge in [-0.1, -0.05) is 41.8 Å². The molecule has 0 radical (unpaired) electrons. The average molecular weight is 314 g/mol. The van der Waals surface area contributed by atoms with Gasteiger partial charge in [-0.15, -0.1) is 0 Å². The molecular formula is C15H21BrFN. The van der Waals surface area contributed by atoms with Crippen molar-refractivity contribution in [3.05, 3.63) is 34.1 Å². The molecule has 0 unspecified atom stereocenters. The van der Waals surface area contributed by atoms with Crippen LogP contribution in [0.2, 0.25) is 0 Å². The number of nitrogens with two attached hydrogens (primary N) is 1. The van der Waals surface area contributed by atoms with E-state index in [-0.39, 0.29) is 11.2 Å². The molecule has 0 heterocycles. The molecule has 2 rings (SSSR count). The van der Waals surface area contributed by atoms with Crippen LogP contribution in [0.3, 0.4) is 0 Å². The Balaban J connectivity index is 2.15. The van der Waals surface area contributed by atoms with Gasteiger partial charge in [0.25, 0.3) is 0 Å². The molecule has 1 aliphatic rings. The second kappa shape index (κ2) is 5.70. The Morgan fingerprint density at radius 2 is 2.06 bits per heavy atom.